The molecule has 3 aromatic rings. The summed E-state index contributed by atoms with van der Waals surface area (Å²) in [5, 5.41) is 4.08. The van der Waals surface area contributed by atoms with Crippen molar-refractivity contribution in [3.63, 3.8) is 0 Å². The number of likely N-dealkylation sites (tertiary alicyclic amines) is 1. The van der Waals surface area contributed by atoms with Crippen molar-refractivity contribution >= 4 is 11.6 Å². The summed E-state index contributed by atoms with van der Waals surface area (Å²) in [6, 6.07) is 15.2. The summed E-state index contributed by atoms with van der Waals surface area (Å²) in [6.07, 6.45) is 0. The van der Waals surface area contributed by atoms with Crippen molar-refractivity contribution in [3.05, 3.63) is 60.0 Å². The number of amides is 1. The molecule has 28 heavy (non-hydrogen) atoms. The van der Waals surface area contributed by atoms with Crippen LogP contribution >= 0.6 is 0 Å². The Morgan fingerprint density at radius 2 is 1.96 bits per heavy atom. The first-order valence-electron chi connectivity index (χ1n) is 9.10. The third-order valence-electron chi connectivity index (χ3n) is 4.92. The molecular formula is C21H22N4O3. The summed E-state index contributed by atoms with van der Waals surface area (Å²) < 4.78 is 10.8. The molecular weight excluding hydrogens is 356 g/mol. The van der Waals surface area contributed by atoms with E-state index in [9.17, 15) is 4.79 Å². The van der Waals surface area contributed by atoms with E-state index in [1.54, 1.807) is 12.0 Å². The van der Waals surface area contributed by atoms with Gasteiger partial charge in [0.15, 0.2) is 0 Å². The normalized spacial score (nSPS) is 13.9. The minimum atomic E-state index is 0.0180. The van der Waals surface area contributed by atoms with E-state index in [2.05, 4.69) is 10.1 Å². The highest BCUT2D eigenvalue weighted by Crippen LogP contribution is 2.32. The molecule has 0 radical (unpaired) electrons. The lowest BCUT2D eigenvalue weighted by Crippen LogP contribution is -2.48. The van der Waals surface area contributed by atoms with Gasteiger partial charge in [0.2, 0.25) is 11.7 Å². The Morgan fingerprint density at radius 3 is 2.71 bits per heavy atom. The molecule has 0 spiro atoms. The average molecular weight is 378 g/mol. The standard InChI is InChI=1S/C21H22N4O3/c1-24(2)16-8-6-7-14(11-16)21(26)25-12-15(13-25)20-22-19(23-28-20)17-9-4-5-10-18(17)27-3/h4-11,15H,12-13H2,1-3H3. The number of methoxy groups -OCH3 is 1. The second-order valence-corrected chi connectivity index (χ2v) is 7.01. The molecule has 0 saturated carbocycles. The molecule has 144 valence electrons. The fourth-order valence-electron chi connectivity index (χ4n) is 3.24. The number of carbonyl (C=O) groups is 1. The minimum absolute atomic E-state index is 0.0180. The van der Waals surface area contributed by atoms with Gasteiger partial charge in [-0.2, -0.15) is 4.98 Å². The summed E-state index contributed by atoms with van der Waals surface area (Å²) in [4.78, 5) is 21.0. The summed E-state index contributed by atoms with van der Waals surface area (Å²) in [6.45, 7) is 1.14. The molecule has 4 rings (SSSR count). The SMILES string of the molecule is COc1ccccc1-c1noc(C2CN(C(=O)c3cccc(N(C)C)c3)C2)n1. The van der Waals surface area contributed by atoms with Crippen LogP contribution in [0.4, 0.5) is 5.69 Å². The highest BCUT2D eigenvalue weighted by Gasteiger charge is 2.36. The lowest BCUT2D eigenvalue weighted by molar-refractivity contribution is 0.0569. The Balaban J connectivity index is 1.44. The number of hydrogen-bond donors (Lipinski definition) is 0. The molecule has 0 aliphatic carbocycles. The van der Waals surface area contributed by atoms with Crippen LogP contribution in [0.1, 0.15) is 22.2 Å². The van der Waals surface area contributed by atoms with Gasteiger partial charge in [0, 0.05) is 38.4 Å². The predicted octanol–water partition coefficient (Wildman–Crippen LogP) is 3.05. The van der Waals surface area contributed by atoms with Crippen molar-refractivity contribution in [1.29, 1.82) is 0 Å². The van der Waals surface area contributed by atoms with E-state index in [1.165, 1.54) is 0 Å². The third-order valence-corrected chi connectivity index (χ3v) is 4.92. The molecule has 1 saturated heterocycles. The molecule has 0 unspecified atom stereocenters. The van der Waals surface area contributed by atoms with Crippen molar-refractivity contribution in [2.75, 3.05) is 39.2 Å². The summed E-state index contributed by atoms with van der Waals surface area (Å²) in [7, 11) is 5.52. The Kier molecular flexibility index (Phi) is 4.73. The molecule has 2 heterocycles. The lowest BCUT2D eigenvalue weighted by atomic mass is 9.98. The first kappa shape index (κ1) is 18.0. The van der Waals surface area contributed by atoms with Crippen LogP contribution in [-0.2, 0) is 0 Å². The molecule has 2 aromatic carbocycles. The Bertz CT molecular complexity index is 993. The number of benzene rings is 2. The zero-order valence-electron chi connectivity index (χ0n) is 16.1. The maximum Gasteiger partial charge on any atom is 0.253 e. The van der Waals surface area contributed by atoms with Crippen LogP contribution in [-0.4, -0.2) is 55.2 Å². The van der Waals surface area contributed by atoms with Crippen LogP contribution in [0, 0.1) is 0 Å². The van der Waals surface area contributed by atoms with Crippen LogP contribution < -0.4 is 9.64 Å². The van der Waals surface area contributed by atoms with Crippen molar-refractivity contribution in [1.82, 2.24) is 15.0 Å². The fraction of sp³-hybridized carbons (Fsp3) is 0.286. The Hall–Kier alpha value is -3.35. The second-order valence-electron chi connectivity index (χ2n) is 7.01. The predicted molar refractivity (Wildman–Crippen MR) is 106 cm³/mol. The summed E-state index contributed by atoms with van der Waals surface area (Å²) >= 11 is 0. The maximum absolute atomic E-state index is 12.7. The van der Waals surface area contributed by atoms with E-state index in [4.69, 9.17) is 9.26 Å². The van der Waals surface area contributed by atoms with E-state index in [0.717, 1.165) is 11.3 Å². The number of anilines is 1. The summed E-state index contributed by atoms with van der Waals surface area (Å²) in [5.74, 6) is 1.81. The van der Waals surface area contributed by atoms with E-state index in [1.807, 2.05) is 67.5 Å². The number of aromatic nitrogens is 2. The van der Waals surface area contributed by atoms with Gasteiger partial charge in [0.1, 0.15) is 5.75 Å². The van der Waals surface area contributed by atoms with Crippen LogP contribution in [0.5, 0.6) is 5.75 Å². The third kappa shape index (κ3) is 3.31. The van der Waals surface area contributed by atoms with Gasteiger partial charge < -0.3 is 19.1 Å². The number of carbonyl (C=O) groups excluding carboxylic acids is 1. The molecule has 0 atom stereocenters. The molecule has 1 fully saturated rings. The maximum atomic E-state index is 12.7. The van der Waals surface area contributed by atoms with Gasteiger partial charge in [-0.1, -0.05) is 23.4 Å². The Labute approximate surface area is 163 Å². The molecule has 0 bridgehead atoms. The second kappa shape index (κ2) is 7.34. The lowest BCUT2D eigenvalue weighted by Gasteiger charge is -2.37. The van der Waals surface area contributed by atoms with Gasteiger partial charge in [0.25, 0.3) is 5.91 Å². The van der Waals surface area contributed by atoms with Gasteiger partial charge in [-0.15, -0.1) is 0 Å². The number of ether oxygens (including phenoxy) is 1. The van der Waals surface area contributed by atoms with Gasteiger partial charge in [-0.25, -0.2) is 0 Å². The number of rotatable bonds is 5. The highest BCUT2D eigenvalue weighted by molar-refractivity contribution is 5.95. The van der Waals surface area contributed by atoms with Crippen LogP contribution in [0.25, 0.3) is 11.4 Å². The van der Waals surface area contributed by atoms with Crippen molar-refractivity contribution in [2.24, 2.45) is 0 Å². The van der Waals surface area contributed by atoms with Gasteiger partial charge >= 0.3 is 0 Å². The quantitative estimate of drug-likeness (QED) is 0.680. The molecule has 1 amide bonds. The van der Waals surface area contributed by atoms with E-state index >= 15 is 0 Å². The topological polar surface area (TPSA) is 71.7 Å². The van der Waals surface area contributed by atoms with E-state index in [-0.39, 0.29) is 11.8 Å². The zero-order valence-corrected chi connectivity index (χ0v) is 16.1. The summed E-state index contributed by atoms with van der Waals surface area (Å²) in [5.41, 5.74) is 2.47. The molecule has 1 aliphatic rings. The van der Waals surface area contributed by atoms with Gasteiger partial charge in [-0.05, 0) is 30.3 Å². The number of hydrogen-bond acceptors (Lipinski definition) is 6. The molecule has 7 nitrogen and oxygen atoms in total. The zero-order chi connectivity index (χ0) is 19.7. The monoisotopic (exact) mass is 378 g/mol. The van der Waals surface area contributed by atoms with Gasteiger partial charge in [-0.3, -0.25) is 4.79 Å². The smallest absolute Gasteiger partial charge is 0.253 e. The van der Waals surface area contributed by atoms with Crippen molar-refractivity contribution in [3.8, 4) is 17.1 Å². The van der Waals surface area contributed by atoms with Crippen LogP contribution in [0.3, 0.4) is 0 Å². The highest BCUT2D eigenvalue weighted by atomic mass is 16.5. The van der Waals surface area contributed by atoms with Crippen LogP contribution in [0.2, 0.25) is 0 Å². The van der Waals surface area contributed by atoms with E-state index < -0.39 is 0 Å². The fourth-order valence-corrected chi connectivity index (χ4v) is 3.24. The average Bonchev–Trinajstić information content (AvgIpc) is 3.16. The van der Waals surface area contributed by atoms with Gasteiger partial charge in [0.05, 0.1) is 18.6 Å². The van der Waals surface area contributed by atoms with Crippen LogP contribution in [0.15, 0.2) is 53.1 Å². The molecule has 1 aliphatic heterocycles. The number of nitrogens with zero attached hydrogens (tertiary/aromatic N) is 4. The Morgan fingerprint density at radius 1 is 1.18 bits per heavy atom. The van der Waals surface area contributed by atoms with E-state index in [0.29, 0.717) is 36.1 Å². The van der Waals surface area contributed by atoms with Crippen molar-refractivity contribution in [2.45, 2.75) is 5.92 Å². The molecule has 0 N–H and O–H groups in total. The largest absolute Gasteiger partial charge is 0.496 e. The minimum Gasteiger partial charge on any atom is -0.496 e. The molecule has 1 aromatic heterocycles. The van der Waals surface area contributed by atoms with Crippen molar-refractivity contribution < 1.29 is 14.1 Å². The number of para-hydroxylation sites is 1. The first-order chi connectivity index (χ1) is 13.6. The molecule has 7 heteroatoms. The first-order valence-corrected chi connectivity index (χ1v) is 9.10.